The zero-order chi connectivity index (χ0) is 10.8. The highest BCUT2D eigenvalue weighted by molar-refractivity contribution is 5.94. The summed E-state index contributed by atoms with van der Waals surface area (Å²) in [6.07, 6.45) is 3.43. The smallest absolute Gasteiger partial charge is 0.223 e. The average molecular weight is 200 g/mol. The summed E-state index contributed by atoms with van der Waals surface area (Å²) in [5, 5.41) is 16.4. The molecule has 0 spiro atoms. The molecule has 1 heterocycles. The summed E-state index contributed by atoms with van der Waals surface area (Å²) in [5.74, 6) is -0.183. The molecule has 2 N–H and O–H groups in total. The Morgan fingerprint density at radius 2 is 2.21 bits per heavy atom. The lowest BCUT2D eigenvalue weighted by Crippen LogP contribution is -2.01. The highest BCUT2D eigenvalue weighted by atomic mass is 16.3. The Hall–Kier alpha value is -1.13. The van der Waals surface area contributed by atoms with E-state index in [-0.39, 0.29) is 11.5 Å². The van der Waals surface area contributed by atoms with Crippen molar-refractivity contribution in [1.82, 2.24) is 0 Å². The Labute approximate surface area is 83.2 Å². The van der Waals surface area contributed by atoms with E-state index in [1.54, 1.807) is 6.07 Å². The van der Waals surface area contributed by atoms with Crippen LogP contribution >= 0.6 is 0 Å². The van der Waals surface area contributed by atoms with E-state index in [2.05, 4.69) is 11.3 Å². The number of aliphatic hydroxyl groups excluding tert-OH is 2. The minimum atomic E-state index is -0.493. The van der Waals surface area contributed by atoms with E-state index in [0.29, 0.717) is 6.61 Å². The van der Waals surface area contributed by atoms with Crippen molar-refractivity contribution >= 4 is 5.78 Å². The molecule has 14 heavy (non-hydrogen) atoms. The largest absolute Gasteiger partial charge is 0.461 e. The second-order valence-electron chi connectivity index (χ2n) is 2.64. The minimum absolute atomic E-state index is 0.206. The number of furan rings is 1. The first kappa shape index (κ1) is 12.9. The molecule has 0 aromatic carbocycles. The lowest BCUT2D eigenvalue weighted by molar-refractivity contribution is 0.0875. The van der Waals surface area contributed by atoms with Crippen LogP contribution in [0.4, 0.5) is 0 Å². The van der Waals surface area contributed by atoms with Gasteiger partial charge in [-0.25, -0.2) is 0 Å². The molecule has 0 aliphatic heterocycles. The fourth-order valence-corrected chi connectivity index (χ4v) is 0.673. The molecule has 1 rings (SSSR count). The molecular weight excluding hydrogens is 184 g/mol. The third-order valence-electron chi connectivity index (χ3n) is 1.45. The molecule has 0 atom stereocenters. The first-order valence-corrected chi connectivity index (χ1v) is 4.54. The number of carbonyl (C=O) groups is 1. The first-order valence-electron chi connectivity index (χ1n) is 4.54. The minimum Gasteiger partial charge on any atom is -0.461 e. The number of unbranched alkanes of at least 4 members (excludes halogenated alkanes) is 1. The summed E-state index contributed by atoms with van der Waals surface area (Å²) in [7, 11) is 0. The van der Waals surface area contributed by atoms with Crippen LogP contribution < -0.4 is 0 Å². The van der Waals surface area contributed by atoms with Gasteiger partial charge in [-0.15, -0.1) is 0 Å². The van der Waals surface area contributed by atoms with Crippen LogP contribution in [0.3, 0.4) is 0 Å². The van der Waals surface area contributed by atoms with Gasteiger partial charge in [-0.2, -0.15) is 0 Å². The van der Waals surface area contributed by atoms with Crippen molar-refractivity contribution in [2.24, 2.45) is 0 Å². The third-order valence-corrected chi connectivity index (χ3v) is 1.45. The van der Waals surface area contributed by atoms with E-state index in [4.69, 9.17) is 10.2 Å². The van der Waals surface area contributed by atoms with Crippen LogP contribution in [0, 0.1) is 0 Å². The number of rotatable bonds is 4. The average Bonchev–Trinajstić information content (AvgIpc) is 2.72. The van der Waals surface area contributed by atoms with Gasteiger partial charge in [0.2, 0.25) is 5.78 Å². The molecule has 1 aromatic rings. The monoisotopic (exact) mass is 200 g/mol. The first-order chi connectivity index (χ1) is 6.76. The van der Waals surface area contributed by atoms with Crippen LogP contribution in [-0.2, 0) is 0 Å². The molecule has 0 saturated carbocycles. The summed E-state index contributed by atoms with van der Waals surface area (Å²) in [4.78, 5) is 10.5. The maximum absolute atomic E-state index is 10.5. The number of Topliss-reactive ketones (excluding diaryl/α,β-unsaturated/α-hetero) is 1. The van der Waals surface area contributed by atoms with E-state index >= 15 is 0 Å². The second-order valence-corrected chi connectivity index (χ2v) is 2.64. The van der Waals surface area contributed by atoms with Gasteiger partial charge in [-0.05, 0) is 18.6 Å². The van der Waals surface area contributed by atoms with Gasteiger partial charge in [0.25, 0.3) is 0 Å². The van der Waals surface area contributed by atoms with Crippen molar-refractivity contribution < 1.29 is 19.4 Å². The fourth-order valence-electron chi connectivity index (χ4n) is 0.673. The van der Waals surface area contributed by atoms with Crippen LogP contribution in [0.1, 0.15) is 30.3 Å². The summed E-state index contributed by atoms with van der Waals surface area (Å²) < 4.78 is 4.68. The number of hydrogen-bond donors (Lipinski definition) is 2. The van der Waals surface area contributed by atoms with E-state index in [0.717, 1.165) is 12.8 Å². The molecule has 4 nitrogen and oxygen atoms in total. The van der Waals surface area contributed by atoms with Crippen molar-refractivity contribution in [3.05, 3.63) is 24.2 Å². The molecule has 0 bridgehead atoms. The maximum Gasteiger partial charge on any atom is 0.223 e. The van der Waals surface area contributed by atoms with Crippen molar-refractivity contribution in [2.75, 3.05) is 13.2 Å². The van der Waals surface area contributed by atoms with Crippen LogP contribution in [0.2, 0.25) is 0 Å². The SMILES string of the molecule is CCCCO.O=C(CO)c1ccco1. The predicted octanol–water partition coefficient (Wildman–Crippen LogP) is 1.23. The highest BCUT2D eigenvalue weighted by Crippen LogP contribution is 1.99. The summed E-state index contributed by atoms with van der Waals surface area (Å²) in [5.41, 5.74) is 0. The number of aliphatic hydroxyl groups is 2. The normalized spacial score (nSPS) is 9.07. The van der Waals surface area contributed by atoms with Gasteiger partial charge in [0.1, 0.15) is 6.61 Å². The molecule has 0 aliphatic rings. The molecule has 0 aliphatic carbocycles. The van der Waals surface area contributed by atoms with E-state index < -0.39 is 6.61 Å². The number of ketones is 1. The number of hydrogen-bond acceptors (Lipinski definition) is 4. The Morgan fingerprint density at radius 3 is 2.50 bits per heavy atom. The maximum atomic E-state index is 10.5. The molecule has 0 fully saturated rings. The lowest BCUT2D eigenvalue weighted by Gasteiger charge is -1.85. The highest BCUT2D eigenvalue weighted by Gasteiger charge is 2.04. The number of carbonyl (C=O) groups excluding carboxylic acids is 1. The van der Waals surface area contributed by atoms with Gasteiger partial charge in [0.15, 0.2) is 5.76 Å². The van der Waals surface area contributed by atoms with Crippen LogP contribution in [-0.4, -0.2) is 29.2 Å². The fraction of sp³-hybridized carbons (Fsp3) is 0.500. The van der Waals surface area contributed by atoms with Crippen LogP contribution in [0.15, 0.2) is 22.8 Å². The van der Waals surface area contributed by atoms with Gasteiger partial charge < -0.3 is 14.6 Å². The molecule has 0 radical (unpaired) electrons. The zero-order valence-corrected chi connectivity index (χ0v) is 8.27. The summed E-state index contributed by atoms with van der Waals surface area (Å²) in [6.45, 7) is 1.90. The van der Waals surface area contributed by atoms with Crippen LogP contribution in [0.5, 0.6) is 0 Å². The summed E-state index contributed by atoms with van der Waals surface area (Å²) >= 11 is 0. The Bertz CT molecular complexity index is 226. The van der Waals surface area contributed by atoms with Crippen LogP contribution in [0.25, 0.3) is 0 Å². The van der Waals surface area contributed by atoms with Crippen molar-refractivity contribution in [2.45, 2.75) is 19.8 Å². The van der Waals surface area contributed by atoms with Gasteiger partial charge in [-0.1, -0.05) is 13.3 Å². The molecule has 1 aromatic heterocycles. The predicted molar refractivity (Wildman–Crippen MR) is 52.1 cm³/mol. The Kier molecular flexibility index (Phi) is 7.78. The Morgan fingerprint density at radius 1 is 1.50 bits per heavy atom. The summed E-state index contributed by atoms with van der Waals surface area (Å²) in [6, 6.07) is 3.11. The van der Waals surface area contributed by atoms with Crippen molar-refractivity contribution in [3.63, 3.8) is 0 Å². The Balaban J connectivity index is 0.000000292. The van der Waals surface area contributed by atoms with Crippen molar-refractivity contribution in [1.29, 1.82) is 0 Å². The molecular formula is C10H16O4. The zero-order valence-electron chi connectivity index (χ0n) is 8.27. The molecule has 4 heteroatoms. The standard InChI is InChI=1S/C6H6O3.C4H10O/c7-4-5(8)6-2-1-3-9-6;1-2-3-4-5/h1-3,7H,4H2;5H,2-4H2,1H3. The quantitative estimate of drug-likeness (QED) is 0.717. The van der Waals surface area contributed by atoms with Crippen molar-refractivity contribution in [3.8, 4) is 0 Å². The van der Waals surface area contributed by atoms with Gasteiger partial charge in [-0.3, -0.25) is 4.79 Å². The lowest BCUT2D eigenvalue weighted by atomic mass is 10.3. The molecule has 0 unspecified atom stereocenters. The molecule has 80 valence electrons. The molecule has 0 saturated heterocycles. The van der Waals surface area contributed by atoms with E-state index in [9.17, 15) is 4.79 Å². The third kappa shape index (κ3) is 5.50. The van der Waals surface area contributed by atoms with Gasteiger partial charge >= 0.3 is 0 Å². The second kappa shape index (κ2) is 8.47. The molecule has 0 amide bonds. The van der Waals surface area contributed by atoms with E-state index in [1.807, 2.05) is 0 Å². The topological polar surface area (TPSA) is 70.7 Å². The van der Waals surface area contributed by atoms with E-state index in [1.165, 1.54) is 12.3 Å². The van der Waals surface area contributed by atoms with Gasteiger partial charge in [0, 0.05) is 6.61 Å². The van der Waals surface area contributed by atoms with Gasteiger partial charge in [0.05, 0.1) is 6.26 Å².